The highest BCUT2D eigenvalue weighted by atomic mass is 16.5. The van der Waals surface area contributed by atoms with E-state index in [2.05, 4.69) is 6.07 Å². The normalized spacial score (nSPS) is 9.65. The van der Waals surface area contributed by atoms with Gasteiger partial charge in [0.15, 0.2) is 5.78 Å². The Morgan fingerprint density at radius 3 is 2.75 bits per heavy atom. The summed E-state index contributed by atoms with van der Waals surface area (Å²) in [5, 5.41) is 8.83. The quantitative estimate of drug-likeness (QED) is 0.710. The number of nitrogens with zero attached hydrogens (tertiary/aromatic N) is 2. The molecule has 0 atom stereocenters. The zero-order valence-corrected chi connectivity index (χ0v) is 11.8. The van der Waals surface area contributed by atoms with Crippen molar-refractivity contribution in [2.45, 2.75) is 19.8 Å². The number of hydrogen-bond acceptors (Lipinski definition) is 5. The molecule has 0 bridgehead atoms. The SMILES string of the molecule is CCOC(=O)CCC(=O)CN(C)c1cccc(C#N)c1. The molecule has 0 aliphatic heterocycles. The van der Waals surface area contributed by atoms with Crippen molar-refractivity contribution in [3.8, 4) is 6.07 Å². The monoisotopic (exact) mass is 274 g/mol. The lowest BCUT2D eigenvalue weighted by Crippen LogP contribution is -2.26. The highest BCUT2D eigenvalue weighted by Gasteiger charge is 2.11. The van der Waals surface area contributed by atoms with Crippen LogP contribution in [-0.2, 0) is 14.3 Å². The number of benzene rings is 1. The average Bonchev–Trinajstić information content (AvgIpc) is 2.45. The van der Waals surface area contributed by atoms with E-state index in [1.165, 1.54) is 0 Å². The van der Waals surface area contributed by atoms with Crippen LogP contribution < -0.4 is 4.90 Å². The van der Waals surface area contributed by atoms with E-state index < -0.39 is 0 Å². The predicted molar refractivity (Wildman–Crippen MR) is 75.3 cm³/mol. The second-order valence-corrected chi connectivity index (χ2v) is 4.36. The van der Waals surface area contributed by atoms with Crippen LogP contribution in [0.4, 0.5) is 5.69 Å². The minimum atomic E-state index is -0.352. The molecule has 0 aromatic heterocycles. The molecule has 5 nitrogen and oxygen atoms in total. The minimum absolute atomic E-state index is 0.0390. The number of ether oxygens (including phenoxy) is 1. The van der Waals surface area contributed by atoms with Crippen LogP contribution in [0.3, 0.4) is 0 Å². The molecule has 0 heterocycles. The Balaban J connectivity index is 2.49. The lowest BCUT2D eigenvalue weighted by atomic mass is 10.2. The third kappa shape index (κ3) is 5.11. The summed E-state index contributed by atoms with van der Waals surface area (Å²) in [4.78, 5) is 24.7. The van der Waals surface area contributed by atoms with Crippen molar-refractivity contribution in [3.05, 3.63) is 29.8 Å². The lowest BCUT2D eigenvalue weighted by molar-refractivity contribution is -0.144. The molecule has 106 valence electrons. The molecule has 0 radical (unpaired) electrons. The van der Waals surface area contributed by atoms with Gasteiger partial charge in [-0.1, -0.05) is 6.07 Å². The van der Waals surface area contributed by atoms with Crippen LogP contribution in [0.15, 0.2) is 24.3 Å². The van der Waals surface area contributed by atoms with E-state index in [1.807, 2.05) is 6.07 Å². The fraction of sp³-hybridized carbons (Fsp3) is 0.400. The van der Waals surface area contributed by atoms with Crippen molar-refractivity contribution in [3.63, 3.8) is 0 Å². The van der Waals surface area contributed by atoms with Gasteiger partial charge in [0.1, 0.15) is 0 Å². The summed E-state index contributed by atoms with van der Waals surface area (Å²) < 4.78 is 4.77. The van der Waals surface area contributed by atoms with Crippen LogP contribution in [0.1, 0.15) is 25.3 Å². The fourth-order valence-electron chi connectivity index (χ4n) is 1.72. The third-order valence-electron chi connectivity index (χ3n) is 2.74. The second-order valence-electron chi connectivity index (χ2n) is 4.36. The molecule has 5 heteroatoms. The molecule has 0 saturated carbocycles. The molecule has 1 aromatic rings. The molecule has 0 amide bonds. The van der Waals surface area contributed by atoms with E-state index in [0.717, 1.165) is 5.69 Å². The van der Waals surface area contributed by atoms with Gasteiger partial charge in [0.05, 0.1) is 31.2 Å². The standard InChI is InChI=1S/C15H18N2O3/c1-3-20-15(19)8-7-14(18)11-17(2)13-6-4-5-12(9-13)10-16/h4-6,9H,3,7-8,11H2,1-2H3. The van der Waals surface area contributed by atoms with E-state index >= 15 is 0 Å². The summed E-state index contributed by atoms with van der Waals surface area (Å²) >= 11 is 0. The summed E-state index contributed by atoms with van der Waals surface area (Å²) in [5.74, 6) is -0.391. The molecular weight excluding hydrogens is 256 g/mol. The minimum Gasteiger partial charge on any atom is -0.466 e. The summed E-state index contributed by atoms with van der Waals surface area (Å²) in [6.45, 7) is 2.26. The number of carbonyl (C=O) groups is 2. The molecule has 0 aliphatic carbocycles. The van der Waals surface area contributed by atoms with Crippen LogP contribution in [0.25, 0.3) is 0 Å². The van der Waals surface area contributed by atoms with Crippen molar-refractivity contribution >= 4 is 17.4 Å². The number of anilines is 1. The van der Waals surface area contributed by atoms with Gasteiger partial charge in [-0.3, -0.25) is 9.59 Å². The molecule has 20 heavy (non-hydrogen) atoms. The van der Waals surface area contributed by atoms with Crippen LogP contribution in [0.2, 0.25) is 0 Å². The Hall–Kier alpha value is -2.35. The third-order valence-corrected chi connectivity index (χ3v) is 2.74. The van der Waals surface area contributed by atoms with Gasteiger partial charge in [-0.2, -0.15) is 5.26 Å². The number of carbonyl (C=O) groups excluding carboxylic acids is 2. The highest BCUT2D eigenvalue weighted by Crippen LogP contribution is 2.14. The first-order valence-electron chi connectivity index (χ1n) is 6.45. The number of hydrogen-bond donors (Lipinski definition) is 0. The summed E-state index contributed by atoms with van der Waals surface area (Å²) in [6.07, 6.45) is 0.278. The van der Waals surface area contributed by atoms with Crippen molar-refractivity contribution in [1.82, 2.24) is 0 Å². The van der Waals surface area contributed by atoms with Crippen molar-refractivity contribution in [1.29, 1.82) is 5.26 Å². The molecule has 0 spiro atoms. The molecular formula is C15H18N2O3. The van der Waals surface area contributed by atoms with E-state index in [-0.39, 0.29) is 31.1 Å². The molecule has 0 saturated heterocycles. The topological polar surface area (TPSA) is 70.4 Å². The maximum Gasteiger partial charge on any atom is 0.306 e. The Morgan fingerprint density at radius 1 is 1.35 bits per heavy atom. The van der Waals surface area contributed by atoms with Gasteiger partial charge in [-0.05, 0) is 25.1 Å². The zero-order valence-electron chi connectivity index (χ0n) is 11.8. The number of nitriles is 1. The zero-order chi connectivity index (χ0) is 15.0. The average molecular weight is 274 g/mol. The van der Waals surface area contributed by atoms with E-state index in [1.54, 1.807) is 37.1 Å². The van der Waals surface area contributed by atoms with Gasteiger partial charge in [0, 0.05) is 19.2 Å². The van der Waals surface area contributed by atoms with Crippen LogP contribution in [-0.4, -0.2) is 32.0 Å². The van der Waals surface area contributed by atoms with Crippen molar-refractivity contribution in [2.24, 2.45) is 0 Å². The number of rotatable bonds is 7. The summed E-state index contributed by atoms with van der Waals surface area (Å²) in [7, 11) is 1.78. The van der Waals surface area contributed by atoms with E-state index in [9.17, 15) is 9.59 Å². The first-order valence-corrected chi connectivity index (χ1v) is 6.45. The Labute approximate surface area is 118 Å². The molecule has 1 aromatic carbocycles. The van der Waals surface area contributed by atoms with Gasteiger partial charge < -0.3 is 9.64 Å². The highest BCUT2D eigenvalue weighted by molar-refractivity contribution is 5.86. The number of likely N-dealkylation sites (N-methyl/N-ethyl adjacent to an activating group) is 1. The predicted octanol–water partition coefficient (Wildman–Crippen LogP) is 1.91. The van der Waals surface area contributed by atoms with Crippen LogP contribution >= 0.6 is 0 Å². The molecule has 0 aliphatic rings. The van der Waals surface area contributed by atoms with E-state index in [0.29, 0.717) is 12.2 Å². The Bertz CT molecular complexity index is 520. The molecule has 0 N–H and O–H groups in total. The maximum absolute atomic E-state index is 11.8. The fourth-order valence-corrected chi connectivity index (χ4v) is 1.72. The van der Waals surface area contributed by atoms with Crippen LogP contribution in [0.5, 0.6) is 0 Å². The molecule has 1 rings (SSSR count). The number of ketones is 1. The van der Waals surface area contributed by atoms with Gasteiger partial charge >= 0.3 is 5.97 Å². The first-order chi connectivity index (χ1) is 9.56. The van der Waals surface area contributed by atoms with Crippen molar-refractivity contribution in [2.75, 3.05) is 25.1 Å². The van der Waals surface area contributed by atoms with Gasteiger partial charge in [-0.25, -0.2) is 0 Å². The second kappa shape index (κ2) is 7.95. The lowest BCUT2D eigenvalue weighted by Gasteiger charge is -2.18. The number of esters is 1. The van der Waals surface area contributed by atoms with Gasteiger partial charge in [0.2, 0.25) is 0 Å². The molecule has 0 fully saturated rings. The van der Waals surface area contributed by atoms with Crippen LogP contribution in [0, 0.1) is 11.3 Å². The summed E-state index contributed by atoms with van der Waals surface area (Å²) in [5.41, 5.74) is 1.35. The number of Topliss-reactive ketones (excluding diaryl/α,β-unsaturated/α-hetero) is 1. The largest absolute Gasteiger partial charge is 0.466 e. The Morgan fingerprint density at radius 2 is 2.10 bits per heavy atom. The van der Waals surface area contributed by atoms with Gasteiger partial charge in [0.25, 0.3) is 0 Å². The molecule has 0 unspecified atom stereocenters. The van der Waals surface area contributed by atoms with Gasteiger partial charge in [-0.15, -0.1) is 0 Å². The Kier molecular flexibility index (Phi) is 6.24. The summed E-state index contributed by atoms with van der Waals surface area (Å²) in [6, 6.07) is 9.09. The smallest absolute Gasteiger partial charge is 0.306 e. The first kappa shape index (κ1) is 15.7. The van der Waals surface area contributed by atoms with E-state index in [4.69, 9.17) is 10.00 Å². The van der Waals surface area contributed by atoms with Crippen molar-refractivity contribution < 1.29 is 14.3 Å². The maximum atomic E-state index is 11.8.